The van der Waals surface area contributed by atoms with Crippen LogP contribution in [-0.2, 0) is 16.0 Å². The molecule has 154 valence electrons. The van der Waals surface area contributed by atoms with E-state index in [1.54, 1.807) is 12.1 Å². The molecule has 2 aromatic carbocycles. The molecule has 3 aromatic rings. The minimum Gasteiger partial charge on any atom is -0.493 e. The van der Waals surface area contributed by atoms with Crippen molar-refractivity contribution in [3.63, 3.8) is 0 Å². The molecule has 6 nitrogen and oxygen atoms in total. The number of carbonyl (C=O) groups excluding carboxylic acids is 2. The lowest BCUT2D eigenvalue weighted by Gasteiger charge is -2.26. The number of fused-ring (bicyclic) bond motifs is 1. The van der Waals surface area contributed by atoms with E-state index in [2.05, 4.69) is 15.6 Å². The Bertz CT molecular complexity index is 1080. The Kier molecular flexibility index (Phi) is 5.76. The van der Waals surface area contributed by atoms with Gasteiger partial charge in [0, 0.05) is 29.9 Å². The molecule has 0 saturated heterocycles. The number of nitrogens with zero attached hydrogens (tertiary/aromatic N) is 1. The van der Waals surface area contributed by atoms with Crippen LogP contribution in [0.4, 0.5) is 9.52 Å². The van der Waals surface area contributed by atoms with Crippen LogP contribution >= 0.6 is 11.3 Å². The molecule has 1 aliphatic heterocycles. The third-order valence-electron chi connectivity index (χ3n) is 4.75. The first-order chi connectivity index (χ1) is 14.5. The summed E-state index contributed by atoms with van der Waals surface area (Å²) in [6.45, 7) is 2.05. The zero-order chi connectivity index (χ0) is 21.1. The SMILES string of the molecule is CC(=O)NC1CCOc2ccc(-c3csc(NC(=O)Cc4ccc(F)cc4)n3)cc21. The van der Waals surface area contributed by atoms with Crippen molar-refractivity contribution >= 4 is 28.3 Å². The average Bonchev–Trinajstić information content (AvgIpc) is 3.17. The van der Waals surface area contributed by atoms with E-state index < -0.39 is 0 Å². The van der Waals surface area contributed by atoms with Crippen LogP contribution in [0.3, 0.4) is 0 Å². The Balaban J connectivity index is 1.48. The van der Waals surface area contributed by atoms with Crippen LogP contribution in [-0.4, -0.2) is 23.4 Å². The zero-order valence-corrected chi connectivity index (χ0v) is 17.1. The molecule has 1 aromatic heterocycles. The highest BCUT2D eigenvalue weighted by molar-refractivity contribution is 7.14. The lowest BCUT2D eigenvalue weighted by molar-refractivity contribution is -0.120. The first kappa shape index (κ1) is 20.0. The topological polar surface area (TPSA) is 80.3 Å². The maximum atomic E-state index is 13.0. The molecular formula is C22H20FN3O3S. The minimum atomic E-state index is -0.333. The summed E-state index contributed by atoms with van der Waals surface area (Å²) in [5, 5.41) is 8.10. The first-order valence-electron chi connectivity index (χ1n) is 9.52. The Hall–Kier alpha value is -3.26. The van der Waals surface area contributed by atoms with Gasteiger partial charge in [-0.1, -0.05) is 12.1 Å². The summed E-state index contributed by atoms with van der Waals surface area (Å²) in [7, 11) is 0. The van der Waals surface area contributed by atoms with Gasteiger partial charge in [0.25, 0.3) is 0 Å². The highest BCUT2D eigenvalue weighted by Crippen LogP contribution is 2.36. The van der Waals surface area contributed by atoms with Gasteiger partial charge >= 0.3 is 0 Å². The molecule has 1 unspecified atom stereocenters. The van der Waals surface area contributed by atoms with Crippen molar-refractivity contribution in [3.05, 3.63) is 64.8 Å². The number of rotatable bonds is 5. The first-order valence-corrected chi connectivity index (χ1v) is 10.4. The van der Waals surface area contributed by atoms with Gasteiger partial charge in [-0.05, 0) is 35.9 Å². The molecule has 2 N–H and O–H groups in total. The second-order valence-corrected chi connectivity index (χ2v) is 7.89. The summed E-state index contributed by atoms with van der Waals surface area (Å²) in [6, 6.07) is 11.5. The van der Waals surface area contributed by atoms with Gasteiger partial charge in [0.15, 0.2) is 5.13 Å². The van der Waals surface area contributed by atoms with E-state index in [1.165, 1.54) is 30.4 Å². The summed E-state index contributed by atoms with van der Waals surface area (Å²) in [5.74, 6) is 0.122. The zero-order valence-electron chi connectivity index (χ0n) is 16.3. The molecule has 0 spiro atoms. The van der Waals surface area contributed by atoms with E-state index >= 15 is 0 Å². The molecule has 0 aliphatic carbocycles. The van der Waals surface area contributed by atoms with Crippen molar-refractivity contribution in [1.82, 2.24) is 10.3 Å². The lowest BCUT2D eigenvalue weighted by Crippen LogP contribution is -2.30. The van der Waals surface area contributed by atoms with Crippen LogP contribution in [0.25, 0.3) is 11.3 Å². The number of aromatic nitrogens is 1. The quantitative estimate of drug-likeness (QED) is 0.645. The molecule has 1 aliphatic rings. The van der Waals surface area contributed by atoms with Gasteiger partial charge in [0.05, 0.1) is 24.8 Å². The number of hydrogen-bond donors (Lipinski definition) is 2. The normalized spacial score (nSPS) is 15.1. The standard InChI is InChI=1S/C22H20FN3O3S/c1-13(27)24-18-8-9-29-20-7-4-15(11-17(18)20)19-12-30-22(25-19)26-21(28)10-14-2-5-16(23)6-3-14/h2-7,11-12,18H,8-10H2,1H3,(H,24,27)(H,25,26,28). The van der Waals surface area contributed by atoms with Gasteiger partial charge in [-0.15, -0.1) is 11.3 Å². The molecule has 0 radical (unpaired) electrons. The Morgan fingerprint density at radius 2 is 2.03 bits per heavy atom. The Morgan fingerprint density at radius 3 is 2.80 bits per heavy atom. The van der Waals surface area contributed by atoms with Gasteiger partial charge in [0.2, 0.25) is 11.8 Å². The van der Waals surface area contributed by atoms with Crippen molar-refractivity contribution in [3.8, 4) is 17.0 Å². The third-order valence-corrected chi connectivity index (χ3v) is 5.51. The number of halogens is 1. The van der Waals surface area contributed by atoms with Crippen molar-refractivity contribution in [2.45, 2.75) is 25.8 Å². The fourth-order valence-corrected chi connectivity index (χ4v) is 4.10. The number of carbonyl (C=O) groups is 2. The largest absolute Gasteiger partial charge is 0.493 e. The van der Waals surface area contributed by atoms with Gasteiger partial charge in [0.1, 0.15) is 11.6 Å². The maximum Gasteiger partial charge on any atom is 0.230 e. The average molecular weight is 425 g/mol. The van der Waals surface area contributed by atoms with Gasteiger partial charge in [-0.2, -0.15) is 0 Å². The van der Waals surface area contributed by atoms with E-state index in [9.17, 15) is 14.0 Å². The Morgan fingerprint density at radius 1 is 1.23 bits per heavy atom. The maximum absolute atomic E-state index is 13.0. The predicted molar refractivity (Wildman–Crippen MR) is 113 cm³/mol. The van der Waals surface area contributed by atoms with Crippen molar-refractivity contribution in [1.29, 1.82) is 0 Å². The van der Waals surface area contributed by atoms with E-state index in [1.807, 2.05) is 23.6 Å². The molecule has 8 heteroatoms. The van der Waals surface area contributed by atoms with Gasteiger partial charge in [-0.25, -0.2) is 9.37 Å². The van der Waals surface area contributed by atoms with Crippen molar-refractivity contribution in [2.24, 2.45) is 0 Å². The van der Waals surface area contributed by atoms with Crippen LogP contribution in [0.2, 0.25) is 0 Å². The molecule has 0 saturated carbocycles. The van der Waals surface area contributed by atoms with Crippen LogP contribution in [0, 0.1) is 5.82 Å². The fraction of sp³-hybridized carbons (Fsp3) is 0.227. The number of anilines is 1. The van der Waals surface area contributed by atoms with Crippen LogP contribution < -0.4 is 15.4 Å². The highest BCUT2D eigenvalue weighted by atomic mass is 32.1. The van der Waals surface area contributed by atoms with E-state index in [0.29, 0.717) is 18.2 Å². The number of amides is 2. The van der Waals surface area contributed by atoms with Crippen molar-refractivity contribution < 1.29 is 18.7 Å². The monoisotopic (exact) mass is 425 g/mol. The molecule has 4 rings (SSSR count). The number of ether oxygens (including phenoxy) is 1. The van der Waals surface area contributed by atoms with Crippen molar-refractivity contribution in [2.75, 3.05) is 11.9 Å². The molecule has 2 heterocycles. The smallest absolute Gasteiger partial charge is 0.230 e. The summed E-state index contributed by atoms with van der Waals surface area (Å²) in [6.07, 6.45) is 0.849. The molecule has 1 atom stereocenters. The number of hydrogen-bond acceptors (Lipinski definition) is 5. The Labute approximate surface area is 177 Å². The third kappa shape index (κ3) is 4.65. The highest BCUT2D eigenvalue weighted by Gasteiger charge is 2.23. The van der Waals surface area contributed by atoms with Gasteiger partial charge in [-0.3, -0.25) is 9.59 Å². The second kappa shape index (κ2) is 8.62. The lowest BCUT2D eigenvalue weighted by atomic mass is 9.97. The molecular weight excluding hydrogens is 405 g/mol. The van der Waals surface area contributed by atoms with E-state index in [0.717, 1.165) is 28.1 Å². The minimum absolute atomic E-state index is 0.0851. The van der Waals surface area contributed by atoms with Crippen LogP contribution in [0.15, 0.2) is 47.8 Å². The summed E-state index contributed by atoms with van der Waals surface area (Å²) >= 11 is 1.33. The number of thiazole rings is 1. The molecule has 30 heavy (non-hydrogen) atoms. The van der Waals surface area contributed by atoms with Gasteiger partial charge < -0.3 is 15.4 Å². The number of benzene rings is 2. The van der Waals surface area contributed by atoms with E-state index in [4.69, 9.17) is 4.74 Å². The molecule has 0 fully saturated rings. The predicted octanol–water partition coefficient (Wildman–Crippen LogP) is 4.09. The summed E-state index contributed by atoms with van der Waals surface area (Å²) in [4.78, 5) is 28.3. The fourth-order valence-electron chi connectivity index (χ4n) is 3.36. The summed E-state index contributed by atoms with van der Waals surface area (Å²) in [5.41, 5.74) is 3.25. The molecule has 2 amide bonds. The van der Waals surface area contributed by atoms with E-state index in [-0.39, 0.29) is 30.1 Å². The summed E-state index contributed by atoms with van der Waals surface area (Å²) < 4.78 is 18.7. The second-order valence-electron chi connectivity index (χ2n) is 7.03. The van der Waals surface area contributed by atoms with Crippen LogP contribution in [0.1, 0.15) is 30.5 Å². The molecule has 0 bridgehead atoms. The van der Waals surface area contributed by atoms with Crippen LogP contribution in [0.5, 0.6) is 5.75 Å². The number of nitrogens with one attached hydrogen (secondary N) is 2.